The Morgan fingerprint density at radius 3 is 2.22 bits per heavy atom. The Hall–Kier alpha value is -2.08. The molecule has 3 rings (SSSR count). The van der Waals surface area contributed by atoms with Crippen LogP contribution in [-0.4, -0.2) is 74.0 Å². The Kier molecular flexibility index (Phi) is 6.37. The molecule has 2 aliphatic rings. The van der Waals surface area contributed by atoms with Gasteiger partial charge < -0.3 is 19.6 Å². The van der Waals surface area contributed by atoms with Gasteiger partial charge in [-0.3, -0.25) is 9.59 Å². The number of piperazine rings is 1. The topological polar surface area (TPSA) is 47.1 Å². The minimum atomic E-state index is -0.215. The zero-order chi connectivity index (χ0) is 19.4. The molecule has 1 atom stereocenters. The first-order valence-corrected chi connectivity index (χ1v) is 10.2. The summed E-state index contributed by atoms with van der Waals surface area (Å²) in [6, 6.07) is 8.13. The number of likely N-dealkylation sites (N-methyl/N-ethyl adjacent to an activating group) is 1. The lowest BCUT2D eigenvalue weighted by Gasteiger charge is -2.35. The molecule has 0 spiro atoms. The van der Waals surface area contributed by atoms with E-state index in [1.807, 2.05) is 17.0 Å². The number of carbonyl (C=O) groups is 2. The summed E-state index contributed by atoms with van der Waals surface area (Å²) in [4.78, 5) is 33.7. The molecule has 2 fully saturated rings. The molecule has 27 heavy (non-hydrogen) atoms. The van der Waals surface area contributed by atoms with Crippen LogP contribution in [-0.2, 0) is 9.59 Å². The molecule has 2 heterocycles. The highest BCUT2D eigenvalue weighted by molar-refractivity contribution is 6.00. The molecule has 2 saturated heterocycles. The van der Waals surface area contributed by atoms with Crippen LogP contribution < -0.4 is 9.80 Å². The Balaban J connectivity index is 1.62. The molecule has 0 N–H and O–H groups in total. The van der Waals surface area contributed by atoms with E-state index in [2.05, 4.69) is 42.7 Å². The zero-order valence-corrected chi connectivity index (χ0v) is 16.9. The van der Waals surface area contributed by atoms with Crippen LogP contribution in [0.2, 0.25) is 0 Å². The first-order chi connectivity index (χ1) is 13.1. The van der Waals surface area contributed by atoms with Crippen molar-refractivity contribution in [1.82, 2.24) is 9.80 Å². The van der Waals surface area contributed by atoms with Gasteiger partial charge in [-0.2, -0.15) is 0 Å². The first-order valence-electron chi connectivity index (χ1n) is 10.2. The molecule has 1 unspecified atom stereocenters. The summed E-state index contributed by atoms with van der Waals surface area (Å²) >= 11 is 0. The molecule has 0 saturated carbocycles. The molecule has 0 bridgehead atoms. The summed E-state index contributed by atoms with van der Waals surface area (Å²) in [5.41, 5.74) is 2.05. The Labute approximate surface area is 162 Å². The van der Waals surface area contributed by atoms with Gasteiger partial charge in [0.25, 0.3) is 0 Å². The van der Waals surface area contributed by atoms with Gasteiger partial charge in [-0.25, -0.2) is 0 Å². The van der Waals surface area contributed by atoms with Crippen molar-refractivity contribution in [3.05, 3.63) is 24.3 Å². The lowest BCUT2D eigenvalue weighted by Crippen LogP contribution is -2.50. The van der Waals surface area contributed by atoms with E-state index in [0.29, 0.717) is 13.0 Å². The Morgan fingerprint density at radius 2 is 1.67 bits per heavy atom. The maximum absolute atomic E-state index is 12.9. The van der Waals surface area contributed by atoms with Crippen molar-refractivity contribution in [3.8, 4) is 0 Å². The van der Waals surface area contributed by atoms with Crippen molar-refractivity contribution in [2.45, 2.75) is 27.2 Å². The lowest BCUT2D eigenvalue weighted by atomic mass is 10.1. The lowest BCUT2D eigenvalue weighted by molar-refractivity contribution is -0.137. The fraction of sp³-hybridized carbons (Fsp3) is 0.619. The van der Waals surface area contributed by atoms with E-state index in [1.54, 1.807) is 4.90 Å². The average Bonchev–Trinajstić information content (AvgIpc) is 3.10. The van der Waals surface area contributed by atoms with Gasteiger partial charge >= 0.3 is 0 Å². The summed E-state index contributed by atoms with van der Waals surface area (Å²) in [6.07, 6.45) is 0.324. The number of anilines is 2. The summed E-state index contributed by atoms with van der Waals surface area (Å²) in [6.45, 7) is 13.3. The molecule has 0 aromatic heterocycles. The minimum absolute atomic E-state index is 0.0520. The number of rotatable bonds is 6. The van der Waals surface area contributed by atoms with E-state index in [1.165, 1.54) is 0 Å². The second-order valence-corrected chi connectivity index (χ2v) is 7.35. The van der Waals surface area contributed by atoms with Crippen LogP contribution in [0.5, 0.6) is 0 Å². The predicted molar refractivity (Wildman–Crippen MR) is 109 cm³/mol. The van der Waals surface area contributed by atoms with Crippen molar-refractivity contribution in [3.63, 3.8) is 0 Å². The van der Waals surface area contributed by atoms with Gasteiger partial charge in [-0.15, -0.1) is 0 Å². The van der Waals surface area contributed by atoms with Gasteiger partial charge in [0.1, 0.15) is 0 Å². The number of hydrogen-bond acceptors (Lipinski definition) is 4. The van der Waals surface area contributed by atoms with Gasteiger partial charge in [0, 0.05) is 63.6 Å². The maximum atomic E-state index is 12.9. The molecular weight excluding hydrogens is 340 g/mol. The third-order valence-electron chi connectivity index (χ3n) is 5.90. The summed E-state index contributed by atoms with van der Waals surface area (Å²) in [5, 5.41) is 0. The second kappa shape index (κ2) is 8.74. The van der Waals surface area contributed by atoms with Crippen LogP contribution in [0.25, 0.3) is 0 Å². The largest absolute Gasteiger partial charge is 0.372 e. The number of hydrogen-bond donors (Lipinski definition) is 0. The fourth-order valence-corrected chi connectivity index (χ4v) is 4.10. The van der Waals surface area contributed by atoms with Crippen LogP contribution in [0.15, 0.2) is 24.3 Å². The number of amides is 2. The third kappa shape index (κ3) is 4.26. The minimum Gasteiger partial charge on any atom is -0.372 e. The maximum Gasteiger partial charge on any atom is 0.228 e. The van der Waals surface area contributed by atoms with E-state index >= 15 is 0 Å². The zero-order valence-electron chi connectivity index (χ0n) is 16.9. The fourth-order valence-electron chi connectivity index (χ4n) is 4.10. The standard InChI is InChI=1S/C21H32N4O2/c1-4-22-11-13-24(14-12-22)21(27)17-15-20(26)25(16-17)19-9-7-18(8-10-19)23(5-2)6-3/h7-10,17H,4-6,11-16H2,1-3H3. The second-order valence-electron chi connectivity index (χ2n) is 7.35. The summed E-state index contributed by atoms with van der Waals surface area (Å²) in [7, 11) is 0. The first kappa shape index (κ1) is 19.7. The van der Waals surface area contributed by atoms with E-state index in [0.717, 1.165) is 57.2 Å². The Morgan fingerprint density at radius 1 is 1.04 bits per heavy atom. The highest BCUT2D eigenvalue weighted by Gasteiger charge is 2.37. The quantitative estimate of drug-likeness (QED) is 0.767. The van der Waals surface area contributed by atoms with E-state index in [9.17, 15) is 9.59 Å². The normalized spacial score (nSPS) is 21.0. The average molecular weight is 373 g/mol. The molecular formula is C21H32N4O2. The summed E-state index contributed by atoms with van der Waals surface area (Å²) in [5.74, 6) is -0.0226. The highest BCUT2D eigenvalue weighted by atomic mass is 16.2. The van der Waals surface area contributed by atoms with Crippen LogP contribution in [0.3, 0.4) is 0 Å². The molecule has 1 aromatic rings. The van der Waals surface area contributed by atoms with Gasteiger partial charge in [0.15, 0.2) is 0 Å². The molecule has 2 amide bonds. The van der Waals surface area contributed by atoms with Gasteiger partial charge in [0.2, 0.25) is 11.8 Å². The molecule has 0 aliphatic carbocycles. The molecule has 0 radical (unpaired) electrons. The van der Waals surface area contributed by atoms with Gasteiger partial charge in [-0.1, -0.05) is 6.92 Å². The van der Waals surface area contributed by atoms with E-state index in [4.69, 9.17) is 0 Å². The van der Waals surface area contributed by atoms with Crippen LogP contribution in [0.4, 0.5) is 11.4 Å². The van der Waals surface area contributed by atoms with Crippen molar-refractivity contribution in [2.24, 2.45) is 5.92 Å². The predicted octanol–water partition coefficient (Wildman–Crippen LogP) is 2.05. The molecule has 2 aliphatic heterocycles. The SMILES string of the molecule is CCN1CCN(C(=O)C2CC(=O)N(c3ccc(N(CC)CC)cc3)C2)CC1. The Bertz CT molecular complexity index is 649. The van der Waals surface area contributed by atoms with E-state index in [-0.39, 0.29) is 17.7 Å². The molecule has 1 aromatic carbocycles. The number of nitrogens with zero attached hydrogens (tertiary/aromatic N) is 4. The highest BCUT2D eigenvalue weighted by Crippen LogP contribution is 2.28. The van der Waals surface area contributed by atoms with Crippen molar-refractivity contribution in [1.29, 1.82) is 0 Å². The van der Waals surface area contributed by atoms with Crippen molar-refractivity contribution >= 4 is 23.2 Å². The van der Waals surface area contributed by atoms with Crippen LogP contribution in [0, 0.1) is 5.92 Å². The molecule has 148 valence electrons. The third-order valence-corrected chi connectivity index (χ3v) is 5.90. The number of benzene rings is 1. The summed E-state index contributed by atoms with van der Waals surface area (Å²) < 4.78 is 0. The van der Waals surface area contributed by atoms with Crippen LogP contribution in [0.1, 0.15) is 27.2 Å². The monoisotopic (exact) mass is 372 g/mol. The van der Waals surface area contributed by atoms with Gasteiger partial charge in [-0.05, 0) is 44.7 Å². The molecule has 6 nitrogen and oxygen atoms in total. The number of carbonyl (C=O) groups excluding carboxylic acids is 2. The van der Waals surface area contributed by atoms with E-state index < -0.39 is 0 Å². The van der Waals surface area contributed by atoms with Crippen molar-refractivity contribution in [2.75, 3.05) is 62.2 Å². The van der Waals surface area contributed by atoms with Gasteiger partial charge in [0.05, 0.1) is 5.92 Å². The van der Waals surface area contributed by atoms with Crippen molar-refractivity contribution < 1.29 is 9.59 Å². The smallest absolute Gasteiger partial charge is 0.228 e. The van der Waals surface area contributed by atoms with Crippen LogP contribution >= 0.6 is 0 Å². The molecule has 6 heteroatoms.